The van der Waals surface area contributed by atoms with Crippen LogP contribution in [0.3, 0.4) is 0 Å². The SMILES string of the molecule is O=C(c1ccc(Br)o1)N1CCC[C@@H]1c1ccccn1. The third kappa shape index (κ3) is 2.42. The number of aromatic nitrogens is 1. The van der Waals surface area contributed by atoms with Crippen LogP contribution in [0.15, 0.2) is 45.6 Å². The van der Waals surface area contributed by atoms with E-state index in [4.69, 9.17) is 4.42 Å². The van der Waals surface area contributed by atoms with E-state index >= 15 is 0 Å². The van der Waals surface area contributed by atoms with Gasteiger partial charge in [-0.15, -0.1) is 0 Å². The Kier molecular flexibility index (Phi) is 3.38. The first kappa shape index (κ1) is 12.4. The predicted molar refractivity (Wildman–Crippen MR) is 73.7 cm³/mol. The molecule has 1 fully saturated rings. The average Bonchev–Trinajstić information content (AvgIpc) is 3.07. The number of hydrogen-bond donors (Lipinski definition) is 0. The van der Waals surface area contributed by atoms with Gasteiger partial charge in [0.2, 0.25) is 0 Å². The van der Waals surface area contributed by atoms with Crippen LogP contribution in [0.4, 0.5) is 0 Å². The molecule has 2 aromatic rings. The Bertz CT molecular complexity index is 582. The Morgan fingerprint density at radius 3 is 2.95 bits per heavy atom. The highest BCUT2D eigenvalue weighted by atomic mass is 79.9. The zero-order valence-corrected chi connectivity index (χ0v) is 11.8. The number of furan rings is 1. The molecule has 4 nitrogen and oxygen atoms in total. The molecule has 0 bridgehead atoms. The number of rotatable bonds is 2. The van der Waals surface area contributed by atoms with Crippen molar-refractivity contribution in [3.05, 3.63) is 52.7 Å². The van der Waals surface area contributed by atoms with Crippen LogP contribution in [-0.4, -0.2) is 22.3 Å². The van der Waals surface area contributed by atoms with Crippen LogP contribution in [0.2, 0.25) is 0 Å². The maximum Gasteiger partial charge on any atom is 0.290 e. The number of hydrogen-bond acceptors (Lipinski definition) is 3. The van der Waals surface area contributed by atoms with E-state index in [1.54, 1.807) is 18.3 Å². The van der Waals surface area contributed by atoms with Gasteiger partial charge in [-0.05, 0) is 53.0 Å². The Balaban J connectivity index is 1.86. The lowest BCUT2D eigenvalue weighted by Crippen LogP contribution is -2.30. The molecule has 1 aliphatic heterocycles. The first-order chi connectivity index (χ1) is 9.25. The summed E-state index contributed by atoms with van der Waals surface area (Å²) in [5.74, 6) is 0.300. The van der Waals surface area contributed by atoms with E-state index in [9.17, 15) is 4.79 Å². The highest BCUT2D eigenvalue weighted by molar-refractivity contribution is 9.10. The molecule has 0 aliphatic carbocycles. The fraction of sp³-hybridized carbons (Fsp3) is 0.286. The van der Waals surface area contributed by atoms with Gasteiger partial charge in [0.1, 0.15) is 0 Å². The van der Waals surface area contributed by atoms with Crippen LogP contribution < -0.4 is 0 Å². The van der Waals surface area contributed by atoms with Gasteiger partial charge in [0.15, 0.2) is 10.4 Å². The van der Waals surface area contributed by atoms with Gasteiger partial charge in [0.25, 0.3) is 5.91 Å². The molecule has 98 valence electrons. The largest absolute Gasteiger partial charge is 0.444 e. The van der Waals surface area contributed by atoms with Crippen molar-refractivity contribution in [2.24, 2.45) is 0 Å². The number of likely N-dealkylation sites (tertiary alicyclic amines) is 1. The molecule has 0 radical (unpaired) electrons. The number of halogens is 1. The van der Waals surface area contributed by atoms with E-state index in [-0.39, 0.29) is 11.9 Å². The molecule has 0 saturated carbocycles. The van der Waals surface area contributed by atoms with Crippen LogP contribution >= 0.6 is 15.9 Å². The van der Waals surface area contributed by atoms with Crippen molar-refractivity contribution in [1.29, 1.82) is 0 Å². The van der Waals surface area contributed by atoms with Crippen molar-refractivity contribution in [3.63, 3.8) is 0 Å². The Morgan fingerprint density at radius 1 is 1.37 bits per heavy atom. The molecular formula is C14H13BrN2O2. The molecule has 5 heteroatoms. The monoisotopic (exact) mass is 320 g/mol. The quantitative estimate of drug-likeness (QED) is 0.851. The molecule has 19 heavy (non-hydrogen) atoms. The summed E-state index contributed by atoms with van der Waals surface area (Å²) in [5.41, 5.74) is 0.943. The van der Waals surface area contributed by atoms with E-state index in [1.807, 2.05) is 23.1 Å². The Hall–Kier alpha value is -1.62. The minimum absolute atomic E-state index is 0.0533. The fourth-order valence-electron chi connectivity index (χ4n) is 2.46. The second-order valence-electron chi connectivity index (χ2n) is 4.51. The number of nitrogens with zero attached hydrogens (tertiary/aromatic N) is 2. The standard InChI is InChI=1S/C14H13BrN2O2/c15-13-7-6-12(19-13)14(18)17-9-3-5-11(17)10-4-1-2-8-16-10/h1-2,4,6-8,11H,3,5,9H2/t11-/m1/s1. The van der Waals surface area contributed by atoms with Gasteiger partial charge in [-0.3, -0.25) is 9.78 Å². The van der Waals surface area contributed by atoms with E-state index in [0.29, 0.717) is 10.4 Å². The minimum Gasteiger partial charge on any atom is -0.444 e. The number of pyridine rings is 1. The smallest absolute Gasteiger partial charge is 0.290 e. The van der Waals surface area contributed by atoms with Crippen molar-refractivity contribution < 1.29 is 9.21 Å². The molecule has 0 spiro atoms. The molecule has 0 aromatic carbocycles. The van der Waals surface area contributed by atoms with Gasteiger partial charge in [-0.2, -0.15) is 0 Å². The molecule has 0 unspecified atom stereocenters. The molecule has 2 aromatic heterocycles. The van der Waals surface area contributed by atoms with Gasteiger partial charge >= 0.3 is 0 Å². The Labute approximate surface area is 119 Å². The van der Waals surface area contributed by atoms with E-state index in [2.05, 4.69) is 20.9 Å². The summed E-state index contributed by atoms with van der Waals surface area (Å²) in [7, 11) is 0. The summed E-state index contributed by atoms with van der Waals surface area (Å²) in [4.78, 5) is 18.6. The van der Waals surface area contributed by atoms with Gasteiger partial charge in [-0.25, -0.2) is 0 Å². The van der Waals surface area contributed by atoms with Crippen LogP contribution in [0.1, 0.15) is 35.1 Å². The summed E-state index contributed by atoms with van der Waals surface area (Å²) < 4.78 is 5.92. The molecule has 3 rings (SSSR count). The van der Waals surface area contributed by atoms with E-state index < -0.39 is 0 Å². The average molecular weight is 321 g/mol. The highest BCUT2D eigenvalue weighted by Gasteiger charge is 2.32. The van der Waals surface area contributed by atoms with Crippen LogP contribution in [0.5, 0.6) is 0 Å². The molecule has 1 aliphatic rings. The van der Waals surface area contributed by atoms with Gasteiger partial charge in [-0.1, -0.05) is 6.07 Å². The van der Waals surface area contributed by atoms with E-state index in [0.717, 1.165) is 25.1 Å². The Morgan fingerprint density at radius 2 is 2.26 bits per heavy atom. The summed E-state index contributed by atoms with van der Waals surface area (Å²) in [6.45, 7) is 0.748. The van der Waals surface area contributed by atoms with Crippen LogP contribution in [-0.2, 0) is 0 Å². The fourth-order valence-corrected chi connectivity index (χ4v) is 2.77. The lowest BCUT2D eigenvalue weighted by molar-refractivity contribution is 0.0699. The summed E-state index contributed by atoms with van der Waals surface area (Å²) in [5, 5.41) is 0. The lowest BCUT2D eigenvalue weighted by atomic mass is 10.1. The van der Waals surface area contributed by atoms with Crippen molar-refractivity contribution >= 4 is 21.8 Å². The third-order valence-electron chi connectivity index (χ3n) is 3.33. The van der Waals surface area contributed by atoms with Crippen molar-refractivity contribution in [1.82, 2.24) is 9.88 Å². The molecule has 1 saturated heterocycles. The maximum absolute atomic E-state index is 12.4. The first-order valence-electron chi connectivity index (χ1n) is 6.23. The van der Waals surface area contributed by atoms with Gasteiger partial charge in [0.05, 0.1) is 11.7 Å². The topological polar surface area (TPSA) is 46.3 Å². The second-order valence-corrected chi connectivity index (χ2v) is 5.30. The van der Waals surface area contributed by atoms with E-state index in [1.165, 1.54) is 0 Å². The number of amides is 1. The molecule has 0 N–H and O–H groups in total. The van der Waals surface area contributed by atoms with Crippen molar-refractivity contribution in [2.45, 2.75) is 18.9 Å². The maximum atomic E-state index is 12.4. The summed E-state index contributed by atoms with van der Waals surface area (Å²) in [6.07, 6.45) is 3.71. The van der Waals surface area contributed by atoms with Gasteiger partial charge in [0, 0.05) is 12.7 Å². The molecule has 1 amide bonds. The van der Waals surface area contributed by atoms with Crippen molar-refractivity contribution in [2.75, 3.05) is 6.54 Å². The molecule has 3 heterocycles. The third-order valence-corrected chi connectivity index (χ3v) is 3.75. The minimum atomic E-state index is -0.0705. The van der Waals surface area contributed by atoms with Gasteiger partial charge < -0.3 is 9.32 Å². The van der Waals surface area contributed by atoms with Crippen LogP contribution in [0, 0.1) is 0 Å². The number of carbonyl (C=O) groups is 1. The molecular weight excluding hydrogens is 308 g/mol. The second kappa shape index (κ2) is 5.17. The zero-order valence-electron chi connectivity index (χ0n) is 10.3. The summed E-state index contributed by atoms with van der Waals surface area (Å²) >= 11 is 3.22. The summed E-state index contributed by atoms with van der Waals surface area (Å²) in [6, 6.07) is 9.28. The first-order valence-corrected chi connectivity index (χ1v) is 7.02. The normalized spacial score (nSPS) is 18.8. The lowest BCUT2D eigenvalue weighted by Gasteiger charge is -2.23. The highest BCUT2D eigenvalue weighted by Crippen LogP contribution is 2.32. The van der Waals surface area contributed by atoms with Crippen molar-refractivity contribution in [3.8, 4) is 0 Å². The molecule has 1 atom stereocenters. The predicted octanol–water partition coefficient (Wildman–Crippen LogP) is 3.41. The zero-order chi connectivity index (χ0) is 13.2. The van der Waals surface area contributed by atoms with Crippen LogP contribution in [0.25, 0.3) is 0 Å². The number of carbonyl (C=O) groups excluding carboxylic acids is 1.